The largest absolute Gasteiger partial charge is 0.325 e. The molecule has 1 heterocycles. The standard InChI is InChI=1S/C17H18N2O/c1-10(20)18-17-13-4-2-3-5-14(13)19-16-12-8-6-11(7-9-12)15(16)17/h2-5,11-12H,6-9H2,1H3,(H,18,19,20). The van der Waals surface area contributed by atoms with E-state index >= 15 is 0 Å². The predicted octanol–water partition coefficient (Wildman–Crippen LogP) is 3.95. The van der Waals surface area contributed by atoms with Gasteiger partial charge in [-0.25, -0.2) is 0 Å². The molecule has 3 heteroatoms. The first kappa shape index (κ1) is 11.9. The topological polar surface area (TPSA) is 42.0 Å². The first-order valence-corrected chi connectivity index (χ1v) is 7.44. The van der Waals surface area contributed by atoms with Crippen molar-refractivity contribution in [3.63, 3.8) is 0 Å². The van der Waals surface area contributed by atoms with Crippen LogP contribution in [0.2, 0.25) is 0 Å². The molecule has 0 unspecified atom stereocenters. The van der Waals surface area contributed by atoms with Gasteiger partial charge in [-0.1, -0.05) is 18.2 Å². The van der Waals surface area contributed by atoms with Gasteiger partial charge < -0.3 is 5.32 Å². The van der Waals surface area contributed by atoms with Crippen LogP contribution in [0.3, 0.4) is 0 Å². The fourth-order valence-corrected chi connectivity index (χ4v) is 3.94. The summed E-state index contributed by atoms with van der Waals surface area (Å²) in [5, 5.41) is 4.16. The van der Waals surface area contributed by atoms with Crippen LogP contribution in [0.1, 0.15) is 55.7 Å². The monoisotopic (exact) mass is 266 g/mol. The molecule has 2 aromatic rings. The van der Waals surface area contributed by atoms with Crippen LogP contribution in [-0.4, -0.2) is 10.9 Å². The number of para-hydroxylation sites is 1. The molecule has 0 saturated heterocycles. The molecule has 3 aliphatic carbocycles. The van der Waals surface area contributed by atoms with Gasteiger partial charge in [0.15, 0.2) is 0 Å². The number of fused-ring (bicyclic) bond motifs is 3. The third-order valence-corrected chi connectivity index (χ3v) is 4.78. The first-order chi connectivity index (χ1) is 9.74. The van der Waals surface area contributed by atoms with Gasteiger partial charge in [-0.15, -0.1) is 0 Å². The summed E-state index contributed by atoms with van der Waals surface area (Å²) < 4.78 is 0. The van der Waals surface area contributed by atoms with E-state index in [0.717, 1.165) is 16.6 Å². The van der Waals surface area contributed by atoms with Gasteiger partial charge in [0.1, 0.15) is 0 Å². The van der Waals surface area contributed by atoms with Crippen LogP contribution in [-0.2, 0) is 4.79 Å². The molecule has 0 radical (unpaired) electrons. The Kier molecular flexibility index (Phi) is 2.56. The summed E-state index contributed by atoms with van der Waals surface area (Å²) in [6, 6.07) is 8.14. The van der Waals surface area contributed by atoms with Crippen molar-refractivity contribution in [2.24, 2.45) is 0 Å². The number of pyridine rings is 1. The zero-order valence-electron chi connectivity index (χ0n) is 11.6. The quantitative estimate of drug-likeness (QED) is 0.849. The summed E-state index contributed by atoms with van der Waals surface area (Å²) in [6.45, 7) is 1.59. The number of amides is 1. The summed E-state index contributed by atoms with van der Waals surface area (Å²) in [5.74, 6) is 1.17. The zero-order chi connectivity index (χ0) is 13.7. The lowest BCUT2D eigenvalue weighted by Gasteiger charge is -2.38. The molecule has 20 heavy (non-hydrogen) atoms. The smallest absolute Gasteiger partial charge is 0.221 e. The van der Waals surface area contributed by atoms with Gasteiger partial charge in [-0.3, -0.25) is 9.78 Å². The summed E-state index contributed by atoms with van der Waals surface area (Å²) in [4.78, 5) is 16.5. The molecule has 1 fully saturated rings. The van der Waals surface area contributed by atoms with Gasteiger partial charge in [-0.2, -0.15) is 0 Å². The SMILES string of the molecule is CC(=O)Nc1c2c(nc3ccccc13)C1CCC2CC1. The molecule has 1 amide bonds. The number of aromatic nitrogens is 1. The fraction of sp³-hybridized carbons (Fsp3) is 0.412. The molecule has 1 N–H and O–H groups in total. The van der Waals surface area contributed by atoms with E-state index < -0.39 is 0 Å². The molecule has 0 atom stereocenters. The van der Waals surface area contributed by atoms with Crippen LogP contribution in [0.25, 0.3) is 10.9 Å². The van der Waals surface area contributed by atoms with Crippen LogP contribution < -0.4 is 5.32 Å². The van der Waals surface area contributed by atoms with E-state index in [1.54, 1.807) is 6.92 Å². The molecule has 0 spiro atoms. The second kappa shape index (κ2) is 4.30. The van der Waals surface area contributed by atoms with Crippen molar-refractivity contribution in [1.82, 2.24) is 4.98 Å². The van der Waals surface area contributed by atoms with Gasteiger partial charge in [-0.05, 0) is 37.7 Å². The number of nitrogens with zero attached hydrogens (tertiary/aromatic N) is 1. The minimum Gasteiger partial charge on any atom is -0.325 e. The third-order valence-electron chi connectivity index (χ3n) is 4.78. The average Bonchev–Trinajstić information content (AvgIpc) is 2.47. The normalized spacial score (nSPS) is 23.6. The van der Waals surface area contributed by atoms with E-state index in [0.29, 0.717) is 11.8 Å². The lowest BCUT2D eigenvalue weighted by molar-refractivity contribution is -0.114. The number of rotatable bonds is 1. The fourth-order valence-electron chi connectivity index (χ4n) is 3.94. The lowest BCUT2D eigenvalue weighted by atomic mass is 9.68. The Balaban J connectivity index is 2.04. The van der Waals surface area contributed by atoms with Crippen molar-refractivity contribution in [1.29, 1.82) is 0 Å². The third kappa shape index (κ3) is 1.65. The Morgan fingerprint density at radius 1 is 1.15 bits per heavy atom. The zero-order valence-corrected chi connectivity index (χ0v) is 11.6. The lowest BCUT2D eigenvalue weighted by Crippen LogP contribution is -2.25. The highest BCUT2D eigenvalue weighted by Crippen LogP contribution is 2.52. The minimum atomic E-state index is 0.00463. The Hall–Kier alpha value is -1.90. The maximum atomic E-state index is 11.6. The average molecular weight is 266 g/mol. The van der Waals surface area contributed by atoms with Crippen molar-refractivity contribution < 1.29 is 4.79 Å². The maximum Gasteiger partial charge on any atom is 0.221 e. The van der Waals surface area contributed by atoms with Crippen LogP contribution >= 0.6 is 0 Å². The van der Waals surface area contributed by atoms with Gasteiger partial charge in [0.25, 0.3) is 0 Å². The molecule has 3 nitrogen and oxygen atoms in total. The van der Waals surface area contributed by atoms with Crippen molar-refractivity contribution >= 4 is 22.5 Å². The van der Waals surface area contributed by atoms with E-state index in [1.165, 1.54) is 36.9 Å². The number of nitrogens with one attached hydrogen (secondary N) is 1. The van der Waals surface area contributed by atoms with E-state index in [9.17, 15) is 4.79 Å². The number of carbonyl (C=O) groups is 1. The Bertz CT molecular complexity index is 699. The molecule has 102 valence electrons. The molecular weight excluding hydrogens is 248 g/mol. The van der Waals surface area contributed by atoms with E-state index in [-0.39, 0.29) is 5.91 Å². The minimum absolute atomic E-state index is 0.00463. The summed E-state index contributed by atoms with van der Waals surface area (Å²) in [6.07, 6.45) is 4.99. The van der Waals surface area contributed by atoms with Crippen molar-refractivity contribution in [3.05, 3.63) is 35.5 Å². The molecule has 3 aliphatic rings. The van der Waals surface area contributed by atoms with E-state index in [4.69, 9.17) is 4.98 Å². The molecule has 5 rings (SSSR count). The molecule has 2 bridgehead atoms. The number of anilines is 1. The van der Waals surface area contributed by atoms with Crippen LogP contribution in [0.15, 0.2) is 24.3 Å². The van der Waals surface area contributed by atoms with Gasteiger partial charge in [0, 0.05) is 29.5 Å². The first-order valence-electron chi connectivity index (χ1n) is 7.44. The number of hydrogen-bond acceptors (Lipinski definition) is 2. The highest BCUT2D eigenvalue weighted by molar-refractivity contribution is 6.02. The van der Waals surface area contributed by atoms with Crippen molar-refractivity contribution in [2.45, 2.75) is 44.4 Å². The Morgan fingerprint density at radius 3 is 2.60 bits per heavy atom. The van der Waals surface area contributed by atoms with E-state index in [2.05, 4.69) is 11.4 Å². The van der Waals surface area contributed by atoms with Crippen molar-refractivity contribution in [3.8, 4) is 0 Å². The molecular formula is C17H18N2O. The van der Waals surface area contributed by atoms with Crippen molar-refractivity contribution in [2.75, 3.05) is 5.32 Å². The van der Waals surface area contributed by atoms with Crippen LogP contribution in [0.4, 0.5) is 5.69 Å². The maximum absolute atomic E-state index is 11.6. The molecule has 1 aromatic carbocycles. The number of benzene rings is 1. The highest BCUT2D eigenvalue weighted by atomic mass is 16.1. The van der Waals surface area contributed by atoms with E-state index in [1.807, 2.05) is 18.2 Å². The summed E-state index contributed by atoms with van der Waals surface area (Å²) in [5.41, 5.74) is 4.59. The molecule has 1 saturated carbocycles. The van der Waals surface area contributed by atoms with Gasteiger partial charge >= 0.3 is 0 Å². The summed E-state index contributed by atoms with van der Waals surface area (Å²) >= 11 is 0. The van der Waals surface area contributed by atoms with Gasteiger partial charge in [0.2, 0.25) is 5.91 Å². The van der Waals surface area contributed by atoms with Gasteiger partial charge in [0.05, 0.1) is 11.2 Å². The molecule has 1 aromatic heterocycles. The second-order valence-electron chi connectivity index (χ2n) is 6.03. The predicted molar refractivity (Wildman–Crippen MR) is 80.0 cm³/mol. The Labute approximate surface area is 118 Å². The van der Waals surface area contributed by atoms with Crippen LogP contribution in [0.5, 0.6) is 0 Å². The number of carbonyl (C=O) groups excluding carboxylic acids is 1. The summed E-state index contributed by atoms with van der Waals surface area (Å²) in [7, 11) is 0. The molecule has 0 aliphatic heterocycles. The highest BCUT2D eigenvalue weighted by Gasteiger charge is 2.36. The second-order valence-corrected chi connectivity index (χ2v) is 6.03. The Morgan fingerprint density at radius 2 is 1.85 bits per heavy atom. The van der Waals surface area contributed by atoms with Crippen LogP contribution in [0, 0.1) is 0 Å². The number of hydrogen-bond donors (Lipinski definition) is 1.